The molecule has 4 nitrogen and oxygen atoms in total. The molecule has 0 heterocycles. The van der Waals surface area contributed by atoms with Gasteiger partial charge >= 0.3 is 0 Å². The van der Waals surface area contributed by atoms with E-state index < -0.39 is 0 Å². The summed E-state index contributed by atoms with van der Waals surface area (Å²) in [5.41, 5.74) is 15.7. The lowest BCUT2D eigenvalue weighted by molar-refractivity contribution is 0.299. The second kappa shape index (κ2) is 5.63. The molecule has 0 unspecified atom stereocenters. The third kappa shape index (κ3) is 2.63. The van der Waals surface area contributed by atoms with E-state index in [4.69, 9.17) is 21.3 Å². The Morgan fingerprint density at radius 1 is 1.11 bits per heavy atom. The SMILES string of the molecule is COc1ccccc1-c1cc(CCO)cc(N)c1N. The molecular weight excluding hydrogens is 240 g/mol. The molecule has 2 aromatic rings. The van der Waals surface area contributed by atoms with Crippen molar-refractivity contribution in [3.8, 4) is 16.9 Å². The van der Waals surface area contributed by atoms with Gasteiger partial charge in [-0.05, 0) is 30.2 Å². The van der Waals surface area contributed by atoms with E-state index >= 15 is 0 Å². The minimum atomic E-state index is 0.0781. The van der Waals surface area contributed by atoms with Crippen LogP contribution in [0.15, 0.2) is 36.4 Å². The summed E-state index contributed by atoms with van der Waals surface area (Å²) < 4.78 is 5.35. The average Bonchev–Trinajstić information content (AvgIpc) is 2.43. The van der Waals surface area contributed by atoms with E-state index in [9.17, 15) is 0 Å². The van der Waals surface area contributed by atoms with Gasteiger partial charge in [0, 0.05) is 17.7 Å². The Hall–Kier alpha value is -2.20. The molecule has 2 aromatic carbocycles. The largest absolute Gasteiger partial charge is 0.496 e. The van der Waals surface area contributed by atoms with Gasteiger partial charge in [-0.1, -0.05) is 18.2 Å². The highest BCUT2D eigenvalue weighted by molar-refractivity contribution is 5.87. The van der Waals surface area contributed by atoms with Crippen LogP contribution < -0.4 is 16.2 Å². The van der Waals surface area contributed by atoms with Gasteiger partial charge in [0.15, 0.2) is 0 Å². The number of nitrogen functional groups attached to an aromatic ring is 2. The zero-order valence-electron chi connectivity index (χ0n) is 10.9. The van der Waals surface area contributed by atoms with Gasteiger partial charge in [0.2, 0.25) is 0 Å². The minimum Gasteiger partial charge on any atom is -0.496 e. The van der Waals surface area contributed by atoms with Crippen molar-refractivity contribution in [1.82, 2.24) is 0 Å². The molecular formula is C15H18N2O2. The number of nitrogens with two attached hydrogens (primary N) is 2. The van der Waals surface area contributed by atoms with Gasteiger partial charge in [-0.15, -0.1) is 0 Å². The summed E-state index contributed by atoms with van der Waals surface area (Å²) in [6, 6.07) is 11.4. The lowest BCUT2D eigenvalue weighted by Crippen LogP contribution is -2.01. The molecule has 100 valence electrons. The highest BCUT2D eigenvalue weighted by Crippen LogP contribution is 2.37. The number of benzene rings is 2. The van der Waals surface area contributed by atoms with Gasteiger partial charge in [0.05, 0.1) is 18.5 Å². The number of anilines is 2. The van der Waals surface area contributed by atoms with Gasteiger partial charge in [-0.3, -0.25) is 0 Å². The molecule has 0 radical (unpaired) electrons. The van der Waals surface area contributed by atoms with Gasteiger partial charge in [-0.2, -0.15) is 0 Å². The van der Waals surface area contributed by atoms with E-state index in [0.29, 0.717) is 17.8 Å². The highest BCUT2D eigenvalue weighted by Gasteiger charge is 2.12. The molecule has 0 amide bonds. The summed E-state index contributed by atoms with van der Waals surface area (Å²) in [6.07, 6.45) is 0.548. The summed E-state index contributed by atoms with van der Waals surface area (Å²) in [4.78, 5) is 0. The van der Waals surface area contributed by atoms with Crippen molar-refractivity contribution < 1.29 is 9.84 Å². The van der Waals surface area contributed by atoms with Gasteiger partial charge < -0.3 is 21.3 Å². The number of para-hydroxylation sites is 1. The number of ether oxygens (including phenoxy) is 1. The van der Waals surface area contributed by atoms with Gasteiger partial charge in [0.1, 0.15) is 5.75 Å². The van der Waals surface area contributed by atoms with Crippen molar-refractivity contribution in [1.29, 1.82) is 0 Å². The molecule has 0 bridgehead atoms. The summed E-state index contributed by atoms with van der Waals surface area (Å²) in [5.74, 6) is 0.745. The lowest BCUT2D eigenvalue weighted by atomic mass is 9.98. The maximum absolute atomic E-state index is 9.05. The fourth-order valence-electron chi connectivity index (χ4n) is 2.10. The third-order valence-corrected chi connectivity index (χ3v) is 3.07. The minimum absolute atomic E-state index is 0.0781. The van der Waals surface area contributed by atoms with Crippen LogP contribution in [0.5, 0.6) is 5.75 Å². The van der Waals surface area contributed by atoms with E-state index in [2.05, 4.69) is 0 Å². The van der Waals surface area contributed by atoms with E-state index in [1.807, 2.05) is 30.3 Å². The number of hydrogen-bond donors (Lipinski definition) is 3. The second-order valence-electron chi connectivity index (χ2n) is 4.32. The molecule has 19 heavy (non-hydrogen) atoms. The Bertz CT molecular complexity index is 582. The normalized spacial score (nSPS) is 10.4. The summed E-state index contributed by atoms with van der Waals surface area (Å²) in [5, 5.41) is 9.05. The number of aliphatic hydroxyl groups is 1. The van der Waals surface area contributed by atoms with E-state index in [1.54, 1.807) is 13.2 Å². The molecule has 0 aliphatic heterocycles. The van der Waals surface area contributed by atoms with Crippen molar-refractivity contribution in [2.24, 2.45) is 0 Å². The zero-order valence-corrected chi connectivity index (χ0v) is 10.9. The van der Waals surface area contributed by atoms with Crippen LogP contribution >= 0.6 is 0 Å². The molecule has 0 spiro atoms. The van der Waals surface area contributed by atoms with Crippen molar-refractivity contribution >= 4 is 11.4 Å². The fraction of sp³-hybridized carbons (Fsp3) is 0.200. The lowest BCUT2D eigenvalue weighted by Gasteiger charge is -2.14. The van der Waals surface area contributed by atoms with Crippen LogP contribution in [0.3, 0.4) is 0 Å². The van der Waals surface area contributed by atoms with E-state index in [0.717, 1.165) is 22.4 Å². The van der Waals surface area contributed by atoms with Gasteiger partial charge in [0.25, 0.3) is 0 Å². The first-order valence-corrected chi connectivity index (χ1v) is 6.09. The molecule has 0 aliphatic carbocycles. The van der Waals surface area contributed by atoms with Crippen LogP contribution in [-0.2, 0) is 6.42 Å². The molecule has 0 saturated carbocycles. The second-order valence-corrected chi connectivity index (χ2v) is 4.32. The number of methoxy groups -OCH3 is 1. The highest BCUT2D eigenvalue weighted by atomic mass is 16.5. The Labute approximate surface area is 112 Å². The maximum atomic E-state index is 9.05. The summed E-state index contributed by atoms with van der Waals surface area (Å²) >= 11 is 0. The molecule has 0 saturated heterocycles. The van der Waals surface area contributed by atoms with Crippen molar-refractivity contribution in [3.63, 3.8) is 0 Å². The first-order valence-electron chi connectivity index (χ1n) is 6.09. The Balaban J connectivity index is 2.60. The van der Waals surface area contributed by atoms with E-state index in [-0.39, 0.29) is 6.61 Å². The Morgan fingerprint density at radius 2 is 1.84 bits per heavy atom. The Kier molecular flexibility index (Phi) is 3.92. The van der Waals surface area contributed by atoms with Crippen LogP contribution in [0.4, 0.5) is 11.4 Å². The van der Waals surface area contributed by atoms with Gasteiger partial charge in [-0.25, -0.2) is 0 Å². The molecule has 4 heteroatoms. The molecule has 2 rings (SSSR count). The van der Waals surface area contributed by atoms with Crippen LogP contribution in [0.2, 0.25) is 0 Å². The standard InChI is InChI=1S/C15H18N2O2/c1-19-14-5-3-2-4-11(14)12-8-10(6-7-18)9-13(16)15(12)17/h2-5,8-9,18H,6-7,16-17H2,1H3. The van der Waals surface area contributed by atoms with E-state index in [1.165, 1.54) is 0 Å². The predicted octanol–water partition coefficient (Wildman–Crippen LogP) is 2.06. The van der Waals surface area contributed by atoms with Crippen molar-refractivity contribution in [2.75, 3.05) is 25.2 Å². The van der Waals surface area contributed by atoms with Crippen molar-refractivity contribution in [2.45, 2.75) is 6.42 Å². The molecule has 0 atom stereocenters. The fourth-order valence-corrected chi connectivity index (χ4v) is 2.10. The van der Waals surface area contributed by atoms with Crippen molar-refractivity contribution in [3.05, 3.63) is 42.0 Å². The van der Waals surface area contributed by atoms with Crippen LogP contribution in [0.1, 0.15) is 5.56 Å². The van der Waals surface area contributed by atoms with Crippen LogP contribution in [0, 0.1) is 0 Å². The van der Waals surface area contributed by atoms with Crippen LogP contribution in [-0.4, -0.2) is 18.8 Å². The summed E-state index contributed by atoms with van der Waals surface area (Å²) in [6.45, 7) is 0.0781. The first-order chi connectivity index (χ1) is 9.17. The number of rotatable bonds is 4. The molecule has 5 N–H and O–H groups in total. The molecule has 0 aliphatic rings. The molecule has 0 aromatic heterocycles. The Morgan fingerprint density at radius 3 is 2.53 bits per heavy atom. The average molecular weight is 258 g/mol. The third-order valence-electron chi connectivity index (χ3n) is 3.07. The molecule has 0 fully saturated rings. The first kappa shape index (κ1) is 13.2. The smallest absolute Gasteiger partial charge is 0.126 e. The maximum Gasteiger partial charge on any atom is 0.126 e. The topological polar surface area (TPSA) is 81.5 Å². The van der Waals surface area contributed by atoms with Crippen LogP contribution in [0.25, 0.3) is 11.1 Å². The number of aliphatic hydroxyl groups excluding tert-OH is 1. The number of hydrogen-bond acceptors (Lipinski definition) is 4. The monoisotopic (exact) mass is 258 g/mol. The summed E-state index contributed by atoms with van der Waals surface area (Å²) in [7, 11) is 1.62. The predicted molar refractivity (Wildman–Crippen MR) is 78.0 cm³/mol. The zero-order chi connectivity index (χ0) is 13.8. The quantitative estimate of drug-likeness (QED) is 0.733.